The second-order valence-electron chi connectivity index (χ2n) is 11.1. The Labute approximate surface area is 230 Å². The van der Waals surface area contributed by atoms with Gasteiger partial charge in [0.2, 0.25) is 0 Å². The first-order valence-corrected chi connectivity index (χ1v) is 13.7. The van der Waals surface area contributed by atoms with Crippen LogP contribution in [0.15, 0.2) is 48.2 Å². The second kappa shape index (κ2) is 9.64. The molecule has 3 heterocycles. The molecule has 1 aliphatic carbocycles. The van der Waals surface area contributed by atoms with Gasteiger partial charge < -0.3 is 10.6 Å². The first-order chi connectivity index (χ1) is 18.8. The summed E-state index contributed by atoms with van der Waals surface area (Å²) in [6.07, 6.45) is 5.76. The Kier molecular flexibility index (Phi) is 6.13. The Hall–Kier alpha value is -4.54. The van der Waals surface area contributed by atoms with Gasteiger partial charge in [0.15, 0.2) is 0 Å². The van der Waals surface area contributed by atoms with Crippen molar-refractivity contribution in [2.75, 3.05) is 17.2 Å². The lowest BCUT2D eigenvalue weighted by Gasteiger charge is -2.22. The Balaban J connectivity index is 1.49. The number of thiazole rings is 1. The van der Waals surface area contributed by atoms with Crippen molar-refractivity contribution < 1.29 is 0 Å². The van der Waals surface area contributed by atoms with Crippen LogP contribution in [0.1, 0.15) is 68.1 Å². The van der Waals surface area contributed by atoms with Crippen LogP contribution in [0, 0.1) is 28.1 Å². The molecule has 0 aliphatic heterocycles. The highest BCUT2D eigenvalue weighted by molar-refractivity contribution is 7.17. The maximum Gasteiger partial charge on any atom is 0.110 e. The molecule has 0 amide bonds. The van der Waals surface area contributed by atoms with E-state index in [0.717, 1.165) is 45.4 Å². The highest BCUT2D eigenvalue weighted by Gasteiger charge is 2.28. The number of nitrogens with zero attached hydrogens (tertiary/aromatic N) is 7. The predicted molar refractivity (Wildman–Crippen MR) is 152 cm³/mol. The number of pyridine rings is 1. The fraction of sp³-hybridized carbons (Fsp3) is 0.310. The molecule has 1 fully saturated rings. The molecule has 0 spiro atoms. The minimum atomic E-state index is -0.330. The summed E-state index contributed by atoms with van der Waals surface area (Å²) in [6, 6.07) is 14.5. The first kappa shape index (κ1) is 24.8. The number of nitriles is 2. The highest BCUT2D eigenvalue weighted by atomic mass is 32.1. The van der Waals surface area contributed by atoms with E-state index in [0.29, 0.717) is 34.9 Å². The zero-order valence-corrected chi connectivity index (χ0v) is 22.8. The monoisotopic (exact) mass is 533 g/mol. The van der Waals surface area contributed by atoms with E-state index in [4.69, 9.17) is 0 Å². The molecule has 2 aromatic carbocycles. The number of rotatable bonds is 7. The molecule has 1 atom stereocenters. The molecule has 0 bridgehead atoms. The van der Waals surface area contributed by atoms with Gasteiger partial charge in [0.05, 0.1) is 56.3 Å². The molecule has 0 radical (unpaired) electrons. The Bertz CT molecular complexity index is 1780. The quantitative estimate of drug-likeness (QED) is 0.254. The fourth-order valence-corrected chi connectivity index (χ4v) is 5.49. The van der Waals surface area contributed by atoms with Crippen molar-refractivity contribution in [1.29, 1.82) is 10.5 Å². The highest BCUT2D eigenvalue weighted by Crippen LogP contribution is 2.38. The van der Waals surface area contributed by atoms with Crippen molar-refractivity contribution in [1.82, 2.24) is 25.0 Å². The van der Waals surface area contributed by atoms with Gasteiger partial charge in [-0.2, -0.15) is 10.5 Å². The summed E-state index contributed by atoms with van der Waals surface area (Å²) in [5.41, 5.74) is 7.40. The van der Waals surface area contributed by atoms with Gasteiger partial charge in [-0.1, -0.05) is 38.1 Å². The molecule has 9 nitrogen and oxygen atoms in total. The number of nitrogens with one attached hydrogen (secondary N) is 2. The van der Waals surface area contributed by atoms with E-state index in [2.05, 4.69) is 69.9 Å². The summed E-state index contributed by atoms with van der Waals surface area (Å²) in [5, 5.41) is 36.7. The molecule has 5 aromatic rings. The second-order valence-corrected chi connectivity index (χ2v) is 11.9. The van der Waals surface area contributed by atoms with Crippen molar-refractivity contribution in [3.05, 3.63) is 70.6 Å². The molecule has 39 heavy (non-hydrogen) atoms. The fourth-order valence-electron chi connectivity index (χ4n) is 4.65. The zero-order valence-electron chi connectivity index (χ0n) is 21.9. The van der Waals surface area contributed by atoms with Gasteiger partial charge in [-0.3, -0.25) is 4.98 Å². The van der Waals surface area contributed by atoms with Gasteiger partial charge >= 0.3 is 0 Å². The number of benzene rings is 2. The maximum atomic E-state index is 10.1. The third kappa shape index (κ3) is 4.87. The number of anilines is 2. The van der Waals surface area contributed by atoms with Gasteiger partial charge in [-0.05, 0) is 42.0 Å². The average molecular weight is 534 g/mol. The lowest BCUT2D eigenvalue weighted by molar-refractivity contribution is 0.443. The van der Waals surface area contributed by atoms with E-state index >= 15 is 0 Å². The van der Waals surface area contributed by atoms with Crippen molar-refractivity contribution >= 4 is 43.8 Å². The normalized spacial score (nSPS) is 14.2. The van der Waals surface area contributed by atoms with E-state index in [-0.39, 0.29) is 11.5 Å². The lowest BCUT2D eigenvalue weighted by atomic mass is 9.96. The summed E-state index contributed by atoms with van der Waals surface area (Å²) in [6.45, 7) is 7.04. The molecule has 2 N–H and O–H groups in total. The molecule has 0 unspecified atom stereocenters. The van der Waals surface area contributed by atoms with Crippen molar-refractivity contribution in [3.8, 4) is 12.1 Å². The molecule has 3 aromatic heterocycles. The van der Waals surface area contributed by atoms with Crippen molar-refractivity contribution in [2.45, 2.75) is 45.7 Å². The third-order valence-corrected chi connectivity index (χ3v) is 7.65. The summed E-state index contributed by atoms with van der Waals surface area (Å²) < 4.78 is 3.01. The van der Waals surface area contributed by atoms with E-state index in [1.807, 2.05) is 34.6 Å². The zero-order chi connectivity index (χ0) is 27.1. The van der Waals surface area contributed by atoms with Crippen LogP contribution in [-0.4, -0.2) is 31.5 Å². The third-order valence-electron chi connectivity index (χ3n) is 6.76. The van der Waals surface area contributed by atoms with Crippen LogP contribution in [0.3, 0.4) is 0 Å². The van der Waals surface area contributed by atoms with Gasteiger partial charge in [-0.15, -0.1) is 16.4 Å². The van der Waals surface area contributed by atoms with E-state index in [1.54, 1.807) is 17.4 Å². The van der Waals surface area contributed by atoms with Gasteiger partial charge in [0.25, 0.3) is 0 Å². The Morgan fingerprint density at radius 1 is 1.13 bits per heavy atom. The number of hydrogen-bond donors (Lipinski definition) is 2. The SMILES string of the molecule is CC(C)(C)CNc1c(C#N)cnc2c(C#N)cc(N[C@@H](c3cn(C4CC4)nn3)c3cccc4ncsc34)cc12. The topological polar surface area (TPSA) is 128 Å². The molecule has 10 heteroatoms. The molecule has 194 valence electrons. The lowest BCUT2D eigenvalue weighted by Crippen LogP contribution is -2.20. The molecular formula is C29H27N9S. The smallest absolute Gasteiger partial charge is 0.110 e. The van der Waals surface area contributed by atoms with Gasteiger partial charge in [0.1, 0.15) is 17.8 Å². The summed E-state index contributed by atoms with van der Waals surface area (Å²) in [5.74, 6) is 0. The minimum absolute atomic E-state index is 0.0118. The van der Waals surface area contributed by atoms with Gasteiger partial charge in [0, 0.05) is 23.8 Å². The summed E-state index contributed by atoms with van der Waals surface area (Å²) >= 11 is 1.58. The molecule has 6 rings (SSSR count). The van der Waals surface area contributed by atoms with E-state index in [9.17, 15) is 10.5 Å². The van der Waals surface area contributed by atoms with E-state index in [1.165, 1.54) is 6.20 Å². The van der Waals surface area contributed by atoms with Crippen LogP contribution in [0.25, 0.3) is 21.1 Å². The number of hydrogen-bond acceptors (Lipinski definition) is 9. The van der Waals surface area contributed by atoms with Crippen LogP contribution in [0.5, 0.6) is 0 Å². The van der Waals surface area contributed by atoms with Crippen LogP contribution in [0.4, 0.5) is 11.4 Å². The van der Waals surface area contributed by atoms with Gasteiger partial charge in [-0.25, -0.2) is 9.67 Å². The minimum Gasteiger partial charge on any atom is -0.383 e. The molecular weight excluding hydrogens is 506 g/mol. The van der Waals surface area contributed by atoms with Crippen molar-refractivity contribution in [2.24, 2.45) is 5.41 Å². The molecule has 1 aliphatic rings. The summed E-state index contributed by atoms with van der Waals surface area (Å²) in [4.78, 5) is 8.99. The van der Waals surface area contributed by atoms with E-state index < -0.39 is 0 Å². The summed E-state index contributed by atoms with van der Waals surface area (Å²) in [7, 11) is 0. The van der Waals surface area contributed by atoms with Crippen LogP contribution < -0.4 is 10.6 Å². The average Bonchev–Trinajstić information content (AvgIpc) is 3.45. The first-order valence-electron chi connectivity index (χ1n) is 12.9. The predicted octanol–water partition coefficient (Wildman–Crippen LogP) is 6.17. The molecule has 0 saturated heterocycles. The molecule has 1 saturated carbocycles. The number of aromatic nitrogens is 5. The van der Waals surface area contributed by atoms with Crippen LogP contribution in [0.2, 0.25) is 0 Å². The largest absolute Gasteiger partial charge is 0.383 e. The maximum absolute atomic E-state index is 10.1. The van der Waals surface area contributed by atoms with Crippen molar-refractivity contribution in [3.63, 3.8) is 0 Å². The number of fused-ring (bicyclic) bond motifs is 2. The van der Waals surface area contributed by atoms with Crippen LogP contribution >= 0.6 is 11.3 Å². The van der Waals surface area contributed by atoms with Crippen LogP contribution in [-0.2, 0) is 0 Å². The Morgan fingerprint density at radius 2 is 1.95 bits per heavy atom. The Morgan fingerprint density at radius 3 is 2.69 bits per heavy atom. The standard InChI is InChI=1S/C29H27N9S/c1-29(2,3)15-33-26-18(12-31)13-32-25-17(11-30)9-19(10-22(25)26)35-27(24-14-38(37-36-24)20-7-8-20)21-5-4-6-23-28(21)39-16-34-23/h4-6,9-10,13-14,16,20,27,35H,7-8,15H2,1-3H3,(H,32,33)/t27-/m1/s1.